The van der Waals surface area contributed by atoms with E-state index in [1.165, 1.54) is 6.07 Å². The van der Waals surface area contributed by atoms with Crippen LogP contribution in [0, 0.1) is 5.82 Å². The third-order valence-corrected chi connectivity index (χ3v) is 15.1. The normalized spacial score (nSPS) is 12.9. The van der Waals surface area contributed by atoms with Gasteiger partial charge in [-0.3, -0.25) is 0 Å². The third kappa shape index (κ3) is 3.55. The average Bonchev–Trinajstić information content (AvgIpc) is 2.78. The molecule has 29 heavy (non-hydrogen) atoms. The number of hydrogen-bond acceptors (Lipinski definition) is 0. The number of rotatable bonds is 5. The molecule has 146 valence electrons. The van der Waals surface area contributed by atoms with Crippen LogP contribution in [0.25, 0.3) is 0 Å². The number of hydrogen-bond donors (Lipinski definition) is 0. The first-order valence-corrected chi connectivity index (χ1v) is 14.2. The van der Waals surface area contributed by atoms with Crippen molar-refractivity contribution in [2.24, 2.45) is 0 Å². The zero-order valence-electron chi connectivity index (χ0n) is 15.7. The summed E-state index contributed by atoms with van der Waals surface area (Å²) in [6.45, 7) is 0. The topological polar surface area (TPSA) is 0 Å². The second-order valence-corrected chi connectivity index (χ2v) is 16.4. The van der Waals surface area contributed by atoms with Crippen LogP contribution in [0.4, 0.5) is 4.39 Å². The maximum atomic E-state index is 15.0. The minimum absolute atomic E-state index is 0.284. The Balaban J connectivity index is 2.09. The van der Waals surface area contributed by atoms with Crippen molar-refractivity contribution in [3.05, 3.63) is 126 Å². The summed E-state index contributed by atoms with van der Waals surface area (Å²) < 4.78 is 15.0. The number of benzene rings is 4. The fraction of sp³-hybridized carbons (Fsp3) is 0.0400. The first-order chi connectivity index (χ1) is 14.0. The van der Waals surface area contributed by atoms with Crippen molar-refractivity contribution in [2.45, 2.75) is 6.16 Å². The van der Waals surface area contributed by atoms with Gasteiger partial charge < -0.3 is 0 Å². The van der Waals surface area contributed by atoms with E-state index in [0.717, 1.165) is 15.9 Å². The van der Waals surface area contributed by atoms with Gasteiger partial charge in [0, 0.05) is 0 Å². The fourth-order valence-corrected chi connectivity index (χ4v) is 11.7. The van der Waals surface area contributed by atoms with Gasteiger partial charge in [0.15, 0.2) is 0 Å². The second kappa shape index (κ2) is 8.03. The summed E-state index contributed by atoms with van der Waals surface area (Å²) in [5.41, 5.74) is 0.639. The van der Waals surface area contributed by atoms with Crippen molar-refractivity contribution < 1.29 is 4.39 Å². The van der Waals surface area contributed by atoms with Gasteiger partial charge in [-0.05, 0) is 0 Å². The molecule has 0 saturated heterocycles. The SMILES string of the molecule is Fc1cc(Cl)ccc1CP(Br)(c1ccccc1)(c1ccccc1)c1ccccc1. The van der Waals surface area contributed by atoms with Crippen LogP contribution in [0.1, 0.15) is 5.56 Å². The molecule has 4 heteroatoms. The monoisotopic (exact) mass is 484 g/mol. The zero-order chi connectivity index (χ0) is 20.3. The molecule has 0 heterocycles. The first kappa shape index (κ1) is 20.3. The van der Waals surface area contributed by atoms with Gasteiger partial charge in [-0.25, -0.2) is 0 Å². The van der Waals surface area contributed by atoms with Crippen LogP contribution < -0.4 is 15.9 Å². The summed E-state index contributed by atoms with van der Waals surface area (Å²) >= 11 is 10.4. The Hall–Kier alpha value is -1.99. The minimum atomic E-state index is -3.20. The van der Waals surface area contributed by atoms with E-state index in [9.17, 15) is 0 Å². The van der Waals surface area contributed by atoms with Gasteiger partial charge in [-0.1, -0.05) is 0 Å². The molecule has 0 aliphatic carbocycles. The first-order valence-electron chi connectivity index (χ1n) is 9.36. The van der Waals surface area contributed by atoms with Crippen LogP contribution in [-0.4, -0.2) is 0 Å². The van der Waals surface area contributed by atoms with Gasteiger partial charge in [0.05, 0.1) is 0 Å². The van der Waals surface area contributed by atoms with E-state index in [-0.39, 0.29) is 5.82 Å². The van der Waals surface area contributed by atoms with E-state index in [4.69, 9.17) is 11.6 Å². The van der Waals surface area contributed by atoms with Crippen molar-refractivity contribution in [1.82, 2.24) is 0 Å². The average molecular weight is 486 g/mol. The Kier molecular flexibility index (Phi) is 5.62. The van der Waals surface area contributed by atoms with Crippen molar-refractivity contribution in [3.8, 4) is 0 Å². The van der Waals surface area contributed by atoms with E-state index in [1.54, 1.807) is 12.1 Å². The van der Waals surface area contributed by atoms with E-state index in [1.807, 2.05) is 54.6 Å². The quantitative estimate of drug-likeness (QED) is 0.272. The van der Waals surface area contributed by atoms with Crippen molar-refractivity contribution in [1.29, 1.82) is 0 Å². The molecule has 0 saturated carbocycles. The summed E-state index contributed by atoms with van der Waals surface area (Å²) in [5, 5.41) is 0.675. The molecule has 0 radical (unpaired) electrons. The van der Waals surface area contributed by atoms with Crippen LogP contribution >= 0.6 is 32.4 Å². The molecule has 0 amide bonds. The molecule has 0 nitrogen and oxygen atoms in total. The van der Waals surface area contributed by atoms with Crippen LogP contribution in [0.15, 0.2) is 109 Å². The summed E-state index contributed by atoms with van der Waals surface area (Å²) in [5.74, 6) is -0.284. The third-order valence-electron chi connectivity index (χ3n) is 5.37. The van der Waals surface area contributed by atoms with Gasteiger partial charge in [0.25, 0.3) is 0 Å². The van der Waals surface area contributed by atoms with Crippen molar-refractivity contribution >= 4 is 48.3 Å². The Labute approximate surface area is 184 Å². The van der Waals surface area contributed by atoms with Gasteiger partial charge >= 0.3 is 184 Å². The molecule has 0 aliphatic heterocycles. The second-order valence-electron chi connectivity index (χ2n) is 7.08. The molecule has 0 N–H and O–H groups in total. The fourth-order valence-electron chi connectivity index (χ4n) is 3.91. The van der Waals surface area contributed by atoms with Crippen LogP contribution in [0.2, 0.25) is 5.02 Å². The Bertz CT molecular complexity index is 1020. The molecule has 0 spiro atoms. The van der Waals surface area contributed by atoms with Gasteiger partial charge in [-0.15, -0.1) is 0 Å². The van der Waals surface area contributed by atoms with Gasteiger partial charge in [0.2, 0.25) is 0 Å². The molecule has 0 unspecified atom stereocenters. The summed E-state index contributed by atoms with van der Waals surface area (Å²) in [4.78, 5) is 0. The van der Waals surface area contributed by atoms with Crippen LogP contribution in [0.5, 0.6) is 0 Å². The summed E-state index contributed by atoms with van der Waals surface area (Å²) in [6, 6.07) is 36.1. The van der Waals surface area contributed by atoms with Crippen molar-refractivity contribution in [2.75, 3.05) is 0 Å². The van der Waals surface area contributed by atoms with Gasteiger partial charge in [0.1, 0.15) is 0 Å². The van der Waals surface area contributed by atoms with E-state index >= 15 is 4.39 Å². The Morgan fingerprint density at radius 2 is 1.07 bits per heavy atom. The maximum absolute atomic E-state index is 15.0. The molecule has 4 aromatic rings. The van der Waals surface area contributed by atoms with E-state index < -0.39 is 5.31 Å². The van der Waals surface area contributed by atoms with E-state index in [0.29, 0.717) is 16.7 Å². The molecule has 0 fully saturated rings. The molecule has 0 atom stereocenters. The Morgan fingerprint density at radius 1 is 0.655 bits per heavy atom. The predicted octanol–water partition coefficient (Wildman–Crippen LogP) is 6.82. The zero-order valence-corrected chi connectivity index (χ0v) is 18.9. The molecule has 0 bridgehead atoms. The summed E-state index contributed by atoms with van der Waals surface area (Å²) in [7, 11) is 0. The molecular weight excluding hydrogens is 466 g/mol. The molecule has 0 aromatic heterocycles. The van der Waals surface area contributed by atoms with Crippen LogP contribution in [-0.2, 0) is 6.16 Å². The molecule has 4 rings (SSSR count). The Morgan fingerprint density at radius 3 is 1.45 bits per heavy atom. The molecular formula is C25H20BrClFP. The molecule has 4 aromatic carbocycles. The molecule has 0 aliphatic rings. The van der Waals surface area contributed by atoms with Crippen LogP contribution in [0.3, 0.4) is 0 Å². The van der Waals surface area contributed by atoms with Crippen molar-refractivity contribution in [3.63, 3.8) is 0 Å². The van der Waals surface area contributed by atoms with E-state index in [2.05, 4.69) is 51.9 Å². The number of halogens is 3. The predicted molar refractivity (Wildman–Crippen MR) is 129 cm³/mol. The van der Waals surface area contributed by atoms with Gasteiger partial charge in [-0.2, -0.15) is 0 Å². The summed E-state index contributed by atoms with van der Waals surface area (Å²) in [6.07, 6.45) is 0.507. The standard InChI is InChI=1S/C25H20BrClFP/c26-29(22-10-4-1-5-11-22,23-12-6-2-7-13-23,24-14-8-3-9-15-24)19-20-16-17-21(27)18-25(20)28/h1-18H,19H2.